The Balaban J connectivity index is 2.17. The van der Waals surface area contributed by atoms with Gasteiger partial charge in [0.05, 0.1) is 6.04 Å². The Morgan fingerprint density at radius 2 is 2.13 bits per heavy atom. The number of aryl methyl sites for hydroxylation is 2. The van der Waals surface area contributed by atoms with Crippen LogP contribution in [0.5, 0.6) is 0 Å². The Kier molecular flexibility index (Phi) is 5.68. The fourth-order valence-corrected chi connectivity index (χ4v) is 2.46. The molecule has 0 aliphatic heterocycles. The van der Waals surface area contributed by atoms with Gasteiger partial charge in [0, 0.05) is 25.0 Å². The van der Waals surface area contributed by atoms with Gasteiger partial charge < -0.3 is 9.88 Å². The number of unbranched alkanes of at least 4 members (excludes halogenated alkanes) is 1. The number of hydrogen-bond acceptors (Lipinski definition) is 3. The van der Waals surface area contributed by atoms with Crippen molar-refractivity contribution in [3.63, 3.8) is 0 Å². The van der Waals surface area contributed by atoms with Gasteiger partial charge in [-0.25, -0.2) is 4.98 Å². The van der Waals surface area contributed by atoms with E-state index in [1.807, 2.05) is 25.1 Å². The number of amides is 1. The van der Waals surface area contributed by atoms with Crippen LogP contribution < -0.4 is 5.32 Å². The first-order valence-electron chi connectivity index (χ1n) is 7.92. The van der Waals surface area contributed by atoms with Crippen LogP contribution in [-0.2, 0) is 7.05 Å². The monoisotopic (exact) mass is 313 g/mol. The van der Waals surface area contributed by atoms with Crippen LogP contribution in [0.25, 0.3) is 0 Å². The van der Waals surface area contributed by atoms with Gasteiger partial charge in [-0.3, -0.25) is 9.59 Å². The van der Waals surface area contributed by atoms with Crippen LogP contribution >= 0.6 is 0 Å². The number of benzene rings is 1. The molecular formula is C18H23N3O2. The van der Waals surface area contributed by atoms with Crippen LogP contribution in [0.4, 0.5) is 0 Å². The van der Waals surface area contributed by atoms with Gasteiger partial charge in [-0.15, -0.1) is 0 Å². The van der Waals surface area contributed by atoms with E-state index in [9.17, 15) is 9.59 Å². The second-order valence-corrected chi connectivity index (χ2v) is 5.76. The van der Waals surface area contributed by atoms with Crippen molar-refractivity contribution in [3.8, 4) is 0 Å². The summed E-state index contributed by atoms with van der Waals surface area (Å²) in [5.41, 5.74) is 1.58. The predicted molar refractivity (Wildman–Crippen MR) is 89.5 cm³/mol. The Morgan fingerprint density at radius 3 is 2.74 bits per heavy atom. The third kappa shape index (κ3) is 4.28. The molecule has 122 valence electrons. The number of rotatable bonds is 7. The normalized spacial score (nSPS) is 12.0. The summed E-state index contributed by atoms with van der Waals surface area (Å²) in [5.74, 6) is -0.0000365. The summed E-state index contributed by atoms with van der Waals surface area (Å²) < 4.78 is 1.68. The number of aromatic nitrogens is 2. The largest absolute Gasteiger partial charge is 0.342 e. The minimum absolute atomic E-state index is 0.146. The first kappa shape index (κ1) is 16.9. The molecule has 2 rings (SSSR count). The molecule has 5 nitrogen and oxygen atoms in total. The van der Waals surface area contributed by atoms with Gasteiger partial charge in [-0.2, -0.15) is 0 Å². The van der Waals surface area contributed by atoms with Crippen molar-refractivity contribution >= 4 is 11.7 Å². The van der Waals surface area contributed by atoms with Gasteiger partial charge in [0.2, 0.25) is 5.78 Å². The molecule has 1 atom stereocenters. The van der Waals surface area contributed by atoms with E-state index in [1.165, 1.54) is 0 Å². The Labute approximate surface area is 136 Å². The number of ketones is 1. The Bertz CT molecular complexity index is 691. The number of hydrogen-bond donors (Lipinski definition) is 1. The number of carbonyl (C=O) groups excluding carboxylic acids is 2. The van der Waals surface area contributed by atoms with Gasteiger partial charge >= 0.3 is 0 Å². The predicted octanol–water partition coefficient (Wildman–Crippen LogP) is 2.90. The molecule has 23 heavy (non-hydrogen) atoms. The molecular weight excluding hydrogens is 290 g/mol. The summed E-state index contributed by atoms with van der Waals surface area (Å²) in [5, 5.41) is 2.87. The van der Waals surface area contributed by atoms with Crippen LogP contribution in [0.3, 0.4) is 0 Å². The molecule has 0 saturated carbocycles. The van der Waals surface area contributed by atoms with Crippen LogP contribution in [0.15, 0.2) is 36.7 Å². The number of nitrogens with zero attached hydrogens (tertiary/aromatic N) is 2. The molecule has 0 spiro atoms. The smallest absolute Gasteiger partial charge is 0.251 e. The van der Waals surface area contributed by atoms with Crippen molar-refractivity contribution < 1.29 is 9.59 Å². The van der Waals surface area contributed by atoms with Crippen molar-refractivity contribution in [3.05, 3.63) is 53.6 Å². The van der Waals surface area contributed by atoms with E-state index in [4.69, 9.17) is 0 Å². The molecule has 2 aromatic rings. The highest BCUT2D eigenvalue weighted by atomic mass is 16.2. The lowest BCUT2D eigenvalue weighted by Crippen LogP contribution is -2.41. The maximum absolute atomic E-state index is 12.7. The second kappa shape index (κ2) is 7.72. The van der Waals surface area contributed by atoms with Gasteiger partial charge in [-0.1, -0.05) is 37.5 Å². The molecule has 0 aliphatic carbocycles. The van der Waals surface area contributed by atoms with Crippen molar-refractivity contribution in [2.45, 2.75) is 39.2 Å². The summed E-state index contributed by atoms with van der Waals surface area (Å²) in [6.45, 7) is 4.00. The molecule has 1 N–H and O–H groups in total. The fraction of sp³-hybridized carbons (Fsp3) is 0.389. The van der Waals surface area contributed by atoms with Crippen LogP contribution in [0.1, 0.15) is 52.7 Å². The first-order valence-corrected chi connectivity index (χ1v) is 7.92. The molecule has 0 fully saturated rings. The van der Waals surface area contributed by atoms with Gasteiger partial charge in [0.25, 0.3) is 5.91 Å². The number of carbonyl (C=O) groups is 2. The number of imidazole rings is 1. The summed E-state index contributed by atoms with van der Waals surface area (Å²) in [6, 6.07) is 6.79. The topological polar surface area (TPSA) is 64.0 Å². The zero-order chi connectivity index (χ0) is 16.8. The average Bonchev–Trinajstić information content (AvgIpc) is 2.96. The van der Waals surface area contributed by atoms with Crippen LogP contribution in [0.2, 0.25) is 0 Å². The second-order valence-electron chi connectivity index (χ2n) is 5.76. The van der Waals surface area contributed by atoms with E-state index in [2.05, 4.69) is 17.2 Å². The van der Waals surface area contributed by atoms with Crippen molar-refractivity contribution in [1.29, 1.82) is 0 Å². The highest BCUT2D eigenvalue weighted by Gasteiger charge is 2.25. The minimum Gasteiger partial charge on any atom is -0.342 e. The maximum Gasteiger partial charge on any atom is 0.251 e. The zero-order valence-corrected chi connectivity index (χ0v) is 13.9. The molecule has 1 aromatic carbocycles. The highest BCUT2D eigenvalue weighted by molar-refractivity contribution is 6.02. The Morgan fingerprint density at radius 1 is 1.35 bits per heavy atom. The van der Waals surface area contributed by atoms with E-state index >= 15 is 0 Å². The molecule has 1 unspecified atom stereocenters. The van der Waals surface area contributed by atoms with E-state index < -0.39 is 6.04 Å². The van der Waals surface area contributed by atoms with Gasteiger partial charge in [-0.05, 0) is 25.5 Å². The number of Topliss-reactive ketones (excluding diaryl/α,β-unsaturated/α-hetero) is 1. The number of nitrogens with one attached hydrogen (secondary N) is 1. The summed E-state index contributed by atoms with van der Waals surface area (Å²) in [4.78, 5) is 29.2. The zero-order valence-electron chi connectivity index (χ0n) is 13.9. The van der Waals surface area contributed by atoms with Gasteiger partial charge in [0.1, 0.15) is 0 Å². The SMILES string of the molecule is CCCCC(NC(=O)c1cccc(C)c1)C(=O)c1nccn1C. The summed E-state index contributed by atoms with van der Waals surface area (Å²) in [6.07, 6.45) is 5.76. The van der Waals surface area contributed by atoms with Crippen molar-refractivity contribution in [1.82, 2.24) is 14.9 Å². The van der Waals surface area contributed by atoms with Crippen LogP contribution in [-0.4, -0.2) is 27.3 Å². The van der Waals surface area contributed by atoms with E-state index in [0.29, 0.717) is 17.8 Å². The summed E-state index contributed by atoms with van der Waals surface area (Å²) >= 11 is 0. The van der Waals surface area contributed by atoms with E-state index in [0.717, 1.165) is 18.4 Å². The standard InChI is InChI=1S/C18H23N3O2/c1-4-5-9-15(16(22)17-19-10-11-21(17)3)20-18(23)14-8-6-7-13(2)12-14/h6-8,10-12,15H,4-5,9H2,1-3H3,(H,20,23). The lowest BCUT2D eigenvalue weighted by molar-refractivity contribution is 0.0843. The molecule has 0 radical (unpaired) electrons. The quantitative estimate of drug-likeness (QED) is 0.799. The first-order chi connectivity index (χ1) is 11.0. The molecule has 0 bridgehead atoms. The molecule has 1 aromatic heterocycles. The lowest BCUT2D eigenvalue weighted by Gasteiger charge is -2.17. The van der Waals surface area contributed by atoms with Gasteiger partial charge in [0.15, 0.2) is 5.82 Å². The third-order valence-electron chi connectivity index (χ3n) is 3.79. The molecule has 1 heterocycles. The van der Waals surface area contributed by atoms with E-state index in [-0.39, 0.29) is 11.7 Å². The minimum atomic E-state index is -0.552. The fourth-order valence-electron chi connectivity index (χ4n) is 2.46. The third-order valence-corrected chi connectivity index (χ3v) is 3.79. The van der Waals surface area contributed by atoms with E-state index in [1.54, 1.807) is 30.1 Å². The molecule has 0 saturated heterocycles. The molecule has 1 amide bonds. The molecule has 0 aliphatic rings. The van der Waals surface area contributed by atoms with Crippen LogP contribution in [0, 0.1) is 6.92 Å². The average molecular weight is 313 g/mol. The van der Waals surface area contributed by atoms with Crippen molar-refractivity contribution in [2.24, 2.45) is 7.05 Å². The maximum atomic E-state index is 12.7. The lowest BCUT2D eigenvalue weighted by atomic mass is 10.0. The molecule has 5 heteroatoms. The Hall–Kier alpha value is -2.43. The highest BCUT2D eigenvalue weighted by Crippen LogP contribution is 2.10. The summed E-state index contributed by atoms with van der Waals surface area (Å²) in [7, 11) is 1.78. The van der Waals surface area contributed by atoms with Crippen molar-refractivity contribution in [2.75, 3.05) is 0 Å².